The lowest BCUT2D eigenvalue weighted by atomic mass is 9.83. The topological polar surface area (TPSA) is 101 Å². The monoisotopic (exact) mass is 392 g/mol. The molecule has 2 bridgehead atoms. The molecule has 2 aliphatic rings. The molecule has 1 fully saturated rings. The highest BCUT2D eigenvalue weighted by Gasteiger charge is 2.37. The van der Waals surface area contributed by atoms with Crippen LogP contribution >= 0.6 is 0 Å². The lowest BCUT2D eigenvalue weighted by Crippen LogP contribution is -2.49. The third-order valence-corrected chi connectivity index (χ3v) is 6.15. The number of H-pyrrole nitrogens is 1. The predicted octanol–water partition coefficient (Wildman–Crippen LogP) is 2.43. The van der Waals surface area contributed by atoms with Crippen molar-refractivity contribution in [3.05, 3.63) is 74.3 Å². The summed E-state index contributed by atoms with van der Waals surface area (Å²) in [5.41, 5.74) is 1.86. The number of nitrogens with zero attached hydrogens (tertiary/aromatic N) is 3. The predicted molar refractivity (Wildman–Crippen MR) is 107 cm³/mol. The smallest absolute Gasteiger partial charge is 0.334 e. The van der Waals surface area contributed by atoms with Crippen LogP contribution in [0.1, 0.15) is 23.6 Å². The lowest BCUT2D eigenvalue weighted by Gasteiger charge is -2.42. The largest absolute Gasteiger partial charge is 0.361 e. The van der Waals surface area contributed by atoms with Gasteiger partial charge >= 0.3 is 11.2 Å². The number of hydrogen-bond donors (Lipinski definition) is 1. The SMILES string of the molecule is O=C(Cc1c[nH]c2ccccc12)N1C[C@@H]2C[C@H](C1)c1ccc([N+](=O)[O-])c(=O)n1C2. The molecule has 0 unspecified atom stereocenters. The minimum atomic E-state index is -0.628. The molecule has 3 aromatic rings. The van der Waals surface area contributed by atoms with E-state index in [-0.39, 0.29) is 23.4 Å². The third-order valence-electron chi connectivity index (χ3n) is 6.15. The van der Waals surface area contributed by atoms with E-state index in [1.54, 1.807) is 10.6 Å². The van der Waals surface area contributed by atoms with Gasteiger partial charge in [0.2, 0.25) is 5.91 Å². The van der Waals surface area contributed by atoms with Gasteiger partial charge in [0.15, 0.2) is 0 Å². The van der Waals surface area contributed by atoms with Gasteiger partial charge in [0.25, 0.3) is 0 Å². The number of carbonyl (C=O) groups is 1. The van der Waals surface area contributed by atoms with E-state index in [1.807, 2.05) is 35.4 Å². The minimum absolute atomic E-state index is 0.0305. The summed E-state index contributed by atoms with van der Waals surface area (Å²) in [6.45, 7) is 1.53. The number of fused-ring (bicyclic) bond motifs is 5. The van der Waals surface area contributed by atoms with Crippen LogP contribution in [0.4, 0.5) is 5.69 Å². The number of piperidine rings is 1. The van der Waals surface area contributed by atoms with E-state index in [0.29, 0.717) is 26.1 Å². The molecule has 4 heterocycles. The van der Waals surface area contributed by atoms with Crippen molar-refractivity contribution in [3.63, 3.8) is 0 Å². The number of hydrogen-bond acceptors (Lipinski definition) is 4. The van der Waals surface area contributed by atoms with Gasteiger partial charge in [0.05, 0.1) is 11.3 Å². The lowest BCUT2D eigenvalue weighted by molar-refractivity contribution is -0.386. The molecular formula is C21H20N4O4. The van der Waals surface area contributed by atoms with Gasteiger partial charge in [-0.2, -0.15) is 0 Å². The number of aromatic amines is 1. The highest BCUT2D eigenvalue weighted by Crippen LogP contribution is 2.36. The van der Waals surface area contributed by atoms with Crippen LogP contribution in [-0.2, 0) is 17.8 Å². The van der Waals surface area contributed by atoms with E-state index >= 15 is 0 Å². The Morgan fingerprint density at radius 3 is 2.83 bits per heavy atom. The van der Waals surface area contributed by atoms with Crippen molar-refractivity contribution in [3.8, 4) is 0 Å². The van der Waals surface area contributed by atoms with E-state index in [2.05, 4.69) is 4.98 Å². The summed E-state index contributed by atoms with van der Waals surface area (Å²) in [5, 5.41) is 12.1. The number of para-hydroxylation sites is 1. The zero-order chi connectivity index (χ0) is 20.1. The Labute approximate surface area is 165 Å². The molecule has 1 aromatic carbocycles. The molecule has 2 atom stereocenters. The summed E-state index contributed by atoms with van der Waals surface area (Å²) in [7, 11) is 0. The zero-order valence-corrected chi connectivity index (χ0v) is 15.7. The molecule has 2 aromatic heterocycles. The summed E-state index contributed by atoms with van der Waals surface area (Å²) < 4.78 is 1.54. The molecule has 1 N–H and O–H groups in total. The van der Waals surface area contributed by atoms with Crippen LogP contribution in [0.25, 0.3) is 10.9 Å². The molecule has 0 saturated carbocycles. The highest BCUT2D eigenvalue weighted by molar-refractivity contribution is 5.89. The Morgan fingerprint density at radius 2 is 2.00 bits per heavy atom. The number of pyridine rings is 1. The first-order valence-corrected chi connectivity index (χ1v) is 9.72. The molecule has 5 rings (SSSR count). The molecule has 2 aliphatic heterocycles. The quantitative estimate of drug-likeness (QED) is 0.546. The Balaban J connectivity index is 1.39. The van der Waals surface area contributed by atoms with Crippen LogP contribution in [0.5, 0.6) is 0 Å². The Morgan fingerprint density at radius 1 is 1.17 bits per heavy atom. The maximum atomic E-state index is 13.0. The highest BCUT2D eigenvalue weighted by atomic mass is 16.6. The fourth-order valence-corrected chi connectivity index (χ4v) is 4.83. The number of aromatic nitrogens is 2. The zero-order valence-electron chi connectivity index (χ0n) is 15.7. The molecule has 0 aliphatic carbocycles. The third kappa shape index (κ3) is 2.91. The molecule has 8 nitrogen and oxygen atoms in total. The second-order valence-electron chi connectivity index (χ2n) is 7.95. The van der Waals surface area contributed by atoms with Crippen LogP contribution in [0.2, 0.25) is 0 Å². The van der Waals surface area contributed by atoms with Crippen molar-refractivity contribution in [1.82, 2.24) is 14.5 Å². The van der Waals surface area contributed by atoms with Crippen LogP contribution in [0.15, 0.2) is 47.4 Å². The summed E-state index contributed by atoms with van der Waals surface area (Å²) in [6.07, 6.45) is 3.12. The number of likely N-dealkylation sites (tertiary alicyclic amines) is 1. The molecule has 0 spiro atoms. The molecule has 29 heavy (non-hydrogen) atoms. The average Bonchev–Trinajstić information content (AvgIpc) is 3.11. The van der Waals surface area contributed by atoms with E-state index < -0.39 is 10.5 Å². The average molecular weight is 392 g/mol. The Bertz CT molecular complexity index is 1190. The normalized spacial score (nSPS) is 20.5. The molecular weight excluding hydrogens is 372 g/mol. The first-order chi connectivity index (χ1) is 14.0. The molecule has 8 heteroatoms. The van der Waals surface area contributed by atoms with Crippen LogP contribution in [0, 0.1) is 16.0 Å². The van der Waals surface area contributed by atoms with E-state index in [1.165, 1.54) is 6.07 Å². The van der Waals surface area contributed by atoms with Crippen molar-refractivity contribution >= 4 is 22.5 Å². The number of benzene rings is 1. The van der Waals surface area contributed by atoms with Crippen LogP contribution in [0.3, 0.4) is 0 Å². The van der Waals surface area contributed by atoms with Gasteiger partial charge in [-0.15, -0.1) is 0 Å². The number of carbonyl (C=O) groups excluding carboxylic acids is 1. The van der Waals surface area contributed by atoms with Crippen LogP contribution in [-0.4, -0.2) is 38.4 Å². The molecule has 148 valence electrons. The first kappa shape index (κ1) is 17.7. The van der Waals surface area contributed by atoms with Crippen LogP contribution < -0.4 is 5.56 Å². The molecule has 0 radical (unpaired) electrons. The molecule has 1 amide bonds. The maximum absolute atomic E-state index is 13.0. The number of rotatable bonds is 3. The van der Waals surface area contributed by atoms with Crippen molar-refractivity contribution in [2.75, 3.05) is 13.1 Å². The minimum Gasteiger partial charge on any atom is -0.361 e. The van der Waals surface area contributed by atoms with Gasteiger partial charge in [0.1, 0.15) is 0 Å². The maximum Gasteiger partial charge on any atom is 0.334 e. The van der Waals surface area contributed by atoms with Gasteiger partial charge in [-0.1, -0.05) is 18.2 Å². The number of nitrogens with one attached hydrogen (secondary N) is 1. The van der Waals surface area contributed by atoms with Gasteiger partial charge in [-0.25, -0.2) is 0 Å². The van der Waals surface area contributed by atoms with Gasteiger partial charge < -0.3 is 14.5 Å². The standard InChI is InChI=1S/C21H20N4O4/c26-20(8-14-9-22-17-4-2-1-3-16(14)17)23-10-13-7-15(12-23)18-5-6-19(25(28)29)21(27)24(18)11-13/h1-6,9,13,15,22H,7-8,10-12H2/t13-,15+/m0/s1. The van der Waals surface area contributed by atoms with Gasteiger partial charge in [-0.05, 0) is 30.0 Å². The Hall–Kier alpha value is -3.42. The second kappa shape index (κ2) is 6.58. The first-order valence-electron chi connectivity index (χ1n) is 9.72. The van der Waals surface area contributed by atoms with Crippen molar-refractivity contribution in [2.24, 2.45) is 5.92 Å². The van der Waals surface area contributed by atoms with Crippen molar-refractivity contribution in [2.45, 2.75) is 25.3 Å². The van der Waals surface area contributed by atoms with E-state index in [9.17, 15) is 19.7 Å². The van der Waals surface area contributed by atoms with E-state index in [4.69, 9.17) is 0 Å². The summed E-state index contributed by atoms with van der Waals surface area (Å²) in [6, 6.07) is 10.9. The number of amides is 1. The van der Waals surface area contributed by atoms with Crippen molar-refractivity contribution < 1.29 is 9.72 Å². The summed E-state index contributed by atoms with van der Waals surface area (Å²) in [4.78, 5) is 41.0. The van der Waals surface area contributed by atoms with Gasteiger partial charge in [-0.3, -0.25) is 19.7 Å². The Kier molecular flexibility index (Phi) is 4.01. The summed E-state index contributed by atoms with van der Waals surface area (Å²) in [5.74, 6) is 0.234. The van der Waals surface area contributed by atoms with Gasteiger partial charge in [0, 0.05) is 54.4 Å². The number of nitro groups is 1. The molecule has 1 saturated heterocycles. The van der Waals surface area contributed by atoms with E-state index in [0.717, 1.165) is 28.6 Å². The summed E-state index contributed by atoms with van der Waals surface area (Å²) >= 11 is 0. The fraction of sp³-hybridized carbons (Fsp3) is 0.333. The fourth-order valence-electron chi connectivity index (χ4n) is 4.83. The second-order valence-corrected chi connectivity index (χ2v) is 7.95. The van der Waals surface area contributed by atoms with Crippen molar-refractivity contribution in [1.29, 1.82) is 0 Å².